The number of fused-ring (bicyclic) bond motifs is 1. The zero-order valence-corrected chi connectivity index (χ0v) is 17.8. The van der Waals surface area contributed by atoms with Crippen LogP contribution in [0.25, 0.3) is 11.3 Å². The van der Waals surface area contributed by atoms with Crippen LogP contribution < -0.4 is 16.6 Å². The highest BCUT2D eigenvalue weighted by Crippen LogP contribution is 2.34. The summed E-state index contributed by atoms with van der Waals surface area (Å²) < 4.78 is 5.55. The van der Waals surface area contributed by atoms with Crippen molar-refractivity contribution in [3.8, 4) is 0 Å². The molecule has 0 aliphatic carbocycles. The average molecular weight is 430 g/mol. The minimum absolute atomic E-state index is 0.0560. The average Bonchev–Trinajstić information content (AvgIpc) is 3.22. The van der Waals surface area contributed by atoms with Gasteiger partial charge < -0.3 is 15.0 Å². The predicted octanol–water partition coefficient (Wildman–Crippen LogP) is 2.13. The summed E-state index contributed by atoms with van der Waals surface area (Å²) >= 11 is 0. The molecule has 7 heteroatoms. The number of nitrogens with two attached hydrogens (primary N) is 1. The molecule has 0 bridgehead atoms. The second-order valence-corrected chi connectivity index (χ2v) is 8.07. The molecule has 1 fully saturated rings. The molecule has 0 saturated carbocycles. The van der Waals surface area contributed by atoms with Crippen molar-refractivity contribution in [3.05, 3.63) is 95.3 Å². The topological polar surface area (TPSA) is 82.9 Å². The van der Waals surface area contributed by atoms with Crippen molar-refractivity contribution in [2.24, 2.45) is 5.84 Å². The minimum atomic E-state index is -0.297. The molecule has 1 atom stereocenters. The fourth-order valence-corrected chi connectivity index (χ4v) is 4.34. The summed E-state index contributed by atoms with van der Waals surface area (Å²) in [7, 11) is 0. The fourth-order valence-electron chi connectivity index (χ4n) is 4.34. The third-order valence-corrected chi connectivity index (χ3v) is 6.08. The predicted molar refractivity (Wildman–Crippen MR) is 125 cm³/mol. The zero-order valence-electron chi connectivity index (χ0n) is 17.8. The number of carbonyl (C=O) groups is 1. The van der Waals surface area contributed by atoms with Crippen LogP contribution in [-0.4, -0.2) is 54.7 Å². The number of nitrogens with zero attached hydrogens (tertiary/aromatic N) is 2. The van der Waals surface area contributed by atoms with Crippen molar-refractivity contribution in [3.63, 3.8) is 0 Å². The van der Waals surface area contributed by atoms with Crippen LogP contribution in [0.15, 0.2) is 78.6 Å². The summed E-state index contributed by atoms with van der Waals surface area (Å²) in [4.78, 5) is 16.6. The molecule has 0 aromatic heterocycles. The lowest BCUT2D eigenvalue weighted by Crippen LogP contribution is -2.40. The first kappa shape index (κ1) is 20.5. The van der Waals surface area contributed by atoms with Crippen LogP contribution in [-0.2, 0) is 4.74 Å². The standard InChI is InChI=1S/C25H27N5O2/c26-28-25(31)20-8-6-19(7-9-20)24-22(17-29-12-14-32-15-13-29)30-16-21(10-11-23(30)27-24)18-4-2-1-3-5-18/h1-11,16,23,27H,12-15,17,26H2,(H,28,31). The minimum Gasteiger partial charge on any atom is -0.379 e. The van der Waals surface area contributed by atoms with Crippen LogP contribution in [0.1, 0.15) is 21.5 Å². The third kappa shape index (κ3) is 4.05. The molecule has 2 aromatic carbocycles. The van der Waals surface area contributed by atoms with Gasteiger partial charge in [-0.3, -0.25) is 15.1 Å². The van der Waals surface area contributed by atoms with E-state index in [4.69, 9.17) is 10.6 Å². The second-order valence-electron chi connectivity index (χ2n) is 8.07. The number of hydrogen-bond donors (Lipinski definition) is 3. The Balaban J connectivity index is 1.51. The molecule has 0 radical (unpaired) electrons. The van der Waals surface area contributed by atoms with Crippen molar-refractivity contribution < 1.29 is 9.53 Å². The zero-order chi connectivity index (χ0) is 21.9. The molecule has 4 N–H and O–H groups in total. The van der Waals surface area contributed by atoms with Gasteiger partial charge in [-0.2, -0.15) is 0 Å². The number of hydrazine groups is 1. The van der Waals surface area contributed by atoms with E-state index in [0.29, 0.717) is 5.56 Å². The van der Waals surface area contributed by atoms with Crippen molar-refractivity contribution in [1.29, 1.82) is 0 Å². The summed E-state index contributed by atoms with van der Waals surface area (Å²) in [5.41, 5.74) is 8.43. The quantitative estimate of drug-likeness (QED) is 0.384. The molecule has 164 valence electrons. The summed E-state index contributed by atoms with van der Waals surface area (Å²) in [6, 6.07) is 18.0. The summed E-state index contributed by atoms with van der Waals surface area (Å²) in [5, 5.41) is 3.67. The molecule has 1 saturated heterocycles. The van der Waals surface area contributed by atoms with Crippen LogP contribution in [0.4, 0.5) is 0 Å². The number of nitrogens with one attached hydrogen (secondary N) is 2. The van der Waals surface area contributed by atoms with Gasteiger partial charge in [0.2, 0.25) is 0 Å². The van der Waals surface area contributed by atoms with Crippen LogP contribution in [0.3, 0.4) is 0 Å². The van der Waals surface area contributed by atoms with E-state index in [-0.39, 0.29) is 12.1 Å². The first-order valence-electron chi connectivity index (χ1n) is 10.9. The fraction of sp³-hybridized carbons (Fsp3) is 0.240. The highest BCUT2D eigenvalue weighted by atomic mass is 16.5. The van der Waals surface area contributed by atoms with E-state index >= 15 is 0 Å². The van der Waals surface area contributed by atoms with Gasteiger partial charge in [0.05, 0.1) is 24.6 Å². The van der Waals surface area contributed by atoms with Gasteiger partial charge in [0.1, 0.15) is 6.17 Å². The normalized spacial score (nSPS) is 20.6. The molecular weight excluding hydrogens is 402 g/mol. The van der Waals surface area contributed by atoms with Gasteiger partial charge in [-0.25, -0.2) is 5.84 Å². The van der Waals surface area contributed by atoms with Gasteiger partial charge in [0, 0.05) is 31.4 Å². The van der Waals surface area contributed by atoms with Gasteiger partial charge in [-0.05, 0) is 34.9 Å². The van der Waals surface area contributed by atoms with Gasteiger partial charge in [-0.1, -0.05) is 48.5 Å². The first-order valence-corrected chi connectivity index (χ1v) is 10.9. The molecule has 32 heavy (non-hydrogen) atoms. The molecular formula is C25H27N5O2. The first-order chi connectivity index (χ1) is 15.7. The van der Waals surface area contributed by atoms with Crippen molar-refractivity contribution in [2.75, 3.05) is 32.8 Å². The van der Waals surface area contributed by atoms with Crippen molar-refractivity contribution in [2.45, 2.75) is 6.17 Å². The van der Waals surface area contributed by atoms with E-state index in [1.54, 1.807) is 12.1 Å². The number of amides is 1. The molecule has 3 aliphatic rings. The lowest BCUT2D eigenvalue weighted by atomic mass is 10.0. The number of rotatable bonds is 5. The molecule has 1 amide bonds. The maximum Gasteiger partial charge on any atom is 0.265 e. The Labute approximate surface area is 187 Å². The number of benzene rings is 2. The SMILES string of the molecule is NNC(=O)c1ccc(C2=C(CN3CCOCC3)N3C=C(c4ccccc4)C=CC3N2)cc1. The maximum atomic E-state index is 11.8. The molecule has 3 aliphatic heterocycles. The van der Waals surface area contributed by atoms with E-state index in [2.05, 4.69) is 63.2 Å². The summed E-state index contributed by atoms with van der Waals surface area (Å²) in [6.07, 6.45) is 6.66. The van der Waals surface area contributed by atoms with Crippen LogP contribution in [0.2, 0.25) is 0 Å². The van der Waals surface area contributed by atoms with E-state index in [1.807, 2.05) is 18.2 Å². The van der Waals surface area contributed by atoms with Gasteiger partial charge in [0.25, 0.3) is 5.91 Å². The Morgan fingerprint density at radius 1 is 1.06 bits per heavy atom. The number of hydrogen-bond acceptors (Lipinski definition) is 6. The Morgan fingerprint density at radius 2 is 1.81 bits per heavy atom. The van der Waals surface area contributed by atoms with E-state index < -0.39 is 0 Å². The lowest BCUT2D eigenvalue weighted by Gasteiger charge is -2.32. The Hall–Kier alpha value is -3.39. The van der Waals surface area contributed by atoms with Gasteiger partial charge in [0.15, 0.2) is 0 Å². The highest BCUT2D eigenvalue weighted by molar-refractivity contribution is 5.94. The second kappa shape index (κ2) is 9.00. The summed E-state index contributed by atoms with van der Waals surface area (Å²) in [5.74, 6) is 4.98. The molecule has 5 rings (SSSR count). The molecule has 0 spiro atoms. The smallest absolute Gasteiger partial charge is 0.265 e. The molecule has 2 aromatic rings. The van der Waals surface area contributed by atoms with E-state index in [1.165, 1.54) is 16.8 Å². The monoisotopic (exact) mass is 429 g/mol. The number of nitrogen functional groups attached to an aromatic ring is 1. The van der Waals surface area contributed by atoms with E-state index in [9.17, 15) is 4.79 Å². The van der Waals surface area contributed by atoms with Crippen LogP contribution in [0, 0.1) is 0 Å². The largest absolute Gasteiger partial charge is 0.379 e. The van der Waals surface area contributed by atoms with E-state index in [0.717, 1.165) is 44.1 Å². The van der Waals surface area contributed by atoms with Crippen LogP contribution in [0.5, 0.6) is 0 Å². The summed E-state index contributed by atoms with van der Waals surface area (Å²) in [6.45, 7) is 4.16. The number of morpholine rings is 1. The molecule has 3 heterocycles. The molecule has 7 nitrogen and oxygen atoms in total. The Morgan fingerprint density at radius 3 is 2.53 bits per heavy atom. The third-order valence-electron chi connectivity index (χ3n) is 6.08. The van der Waals surface area contributed by atoms with Crippen molar-refractivity contribution >= 4 is 17.2 Å². The van der Waals surface area contributed by atoms with Crippen molar-refractivity contribution in [1.82, 2.24) is 20.5 Å². The Bertz CT molecular complexity index is 1070. The molecule has 1 unspecified atom stereocenters. The number of ether oxygens (including phenoxy) is 1. The van der Waals surface area contributed by atoms with Gasteiger partial charge in [-0.15, -0.1) is 0 Å². The number of allylic oxidation sites excluding steroid dienone is 2. The highest BCUT2D eigenvalue weighted by Gasteiger charge is 2.32. The lowest BCUT2D eigenvalue weighted by molar-refractivity contribution is 0.0401. The van der Waals surface area contributed by atoms with Gasteiger partial charge >= 0.3 is 0 Å². The number of carbonyl (C=O) groups excluding carboxylic acids is 1. The maximum absolute atomic E-state index is 11.8. The Kier molecular flexibility index (Phi) is 5.77. The van der Waals surface area contributed by atoms with Crippen LogP contribution >= 0.6 is 0 Å².